The van der Waals surface area contributed by atoms with E-state index in [-0.39, 0.29) is 11.5 Å². The Labute approximate surface area is 186 Å². The second-order valence-electron chi connectivity index (χ2n) is 8.55. The van der Waals surface area contributed by atoms with Gasteiger partial charge in [-0.15, -0.1) is 0 Å². The normalized spacial score (nSPS) is 15.5. The van der Waals surface area contributed by atoms with Gasteiger partial charge in [-0.1, -0.05) is 24.3 Å². The lowest BCUT2D eigenvalue weighted by molar-refractivity contribution is -0.129. The Hall–Kier alpha value is -3.45. The molecule has 0 radical (unpaired) electrons. The first-order valence-corrected chi connectivity index (χ1v) is 11.1. The molecule has 0 unspecified atom stereocenters. The highest BCUT2D eigenvalue weighted by molar-refractivity contribution is 5.85. The van der Waals surface area contributed by atoms with Gasteiger partial charge in [0.2, 0.25) is 5.91 Å². The summed E-state index contributed by atoms with van der Waals surface area (Å²) >= 11 is 0. The van der Waals surface area contributed by atoms with Gasteiger partial charge in [0.15, 0.2) is 0 Å². The molecule has 1 saturated heterocycles. The van der Waals surface area contributed by atoms with Crippen LogP contribution in [0.2, 0.25) is 0 Å². The van der Waals surface area contributed by atoms with Crippen molar-refractivity contribution in [2.24, 2.45) is 0 Å². The van der Waals surface area contributed by atoms with Gasteiger partial charge >= 0.3 is 0 Å². The molecule has 4 aromatic rings. The number of H-pyrrole nitrogens is 2. The van der Waals surface area contributed by atoms with Crippen LogP contribution in [0.5, 0.6) is 0 Å². The molecule has 0 spiro atoms. The molecular formula is C25H27N5O2. The summed E-state index contributed by atoms with van der Waals surface area (Å²) in [5, 5.41) is 0.977. The first-order valence-electron chi connectivity index (χ1n) is 11.1. The number of aromatic amines is 2. The van der Waals surface area contributed by atoms with E-state index >= 15 is 0 Å². The Balaban J connectivity index is 1.30. The number of hydrogen-bond donors (Lipinski definition) is 2. The second-order valence-corrected chi connectivity index (χ2v) is 8.55. The summed E-state index contributed by atoms with van der Waals surface area (Å²) < 4.78 is 0. The number of aryl methyl sites for hydroxylation is 1. The van der Waals surface area contributed by atoms with Crippen LogP contribution in [0.1, 0.15) is 18.4 Å². The topological polar surface area (TPSA) is 85.1 Å². The van der Waals surface area contributed by atoms with Gasteiger partial charge in [-0.25, -0.2) is 4.98 Å². The fraction of sp³-hybridized carbons (Fsp3) is 0.320. The third-order valence-electron chi connectivity index (χ3n) is 6.32. The van der Waals surface area contributed by atoms with Crippen LogP contribution in [-0.4, -0.2) is 63.9 Å². The molecule has 2 aromatic heterocycles. The second kappa shape index (κ2) is 8.59. The molecule has 7 nitrogen and oxygen atoms in total. The summed E-state index contributed by atoms with van der Waals surface area (Å²) in [5.74, 6) is 0.819. The van der Waals surface area contributed by atoms with Crippen molar-refractivity contribution in [2.75, 3.05) is 33.2 Å². The Morgan fingerprint density at radius 2 is 1.84 bits per heavy atom. The van der Waals surface area contributed by atoms with Crippen molar-refractivity contribution in [2.45, 2.75) is 19.3 Å². The van der Waals surface area contributed by atoms with E-state index in [2.05, 4.69) is 27.0 Å². The van der Waals surface area contributed by atoms with Crippen LogP contribution in [0.4, 0.5) is 0 Å². The van der Waals surface area contributed by atoms with Gasteiger partial charge in [0.05, 0.1) is 16.6 Å². The van der Waals surface area contributed by atoms with Crippen molar-refractivity contribution < 1.29 is 4.79 Å². The number of amides is 1. The van der Waals surface area contributed by atoms with Crippen LogP contribution in [-0.2, 0) is 11.2 Å². The number of carbonyl (C=O) groups is 1. The average Bonchev–Trinajstić information content (AvgIpc) is 3.15. The Kier molecular flexibility index (Phi) is 5.49. The lowest BCUT2D eigenvalue weighted by Gasteiger charge is -2.19. The van der Waals surface area contributed by atoms with E-state index in [0.717, 1.165) is 61.0 Å². The molecule has 0 saturated carbocycles. The van der Waals surface area contributed by atoms with Crippen LogP contribution < -0.4 is 5.56 Å². The summed E-state index contributed by atoms with van der Waals surface area (Å²) in [7, 11) is 1.88. The van der Waals surface area contributed by atoms with Crippen LogP contribution in [0.3, 0.4) is 0 Å². The average molecular weight is 430 g/mol. The quantitative estimate of drug-likeness (QED) is 0.510. The molecule has 5 rings (SSSR count). The Bertz CT molecular complexity index is 1340. The van der Waals surface area contributed by atoms with Crippen molar-refractivity contribution in [1.82, 2.24) is 24.8 Å². The van der Waals surface area contributed by atoms with Crippen LogP contribution in [0.25, 0.3) is 33.3 Å². The molecule has 3 heterocycles. The van der Waals surface area contributed by atoms with Crippen LogP contribution in [0.15, 0.2) is 53.3 Å². The molecule has 2 N–H and O–H groups in total. The minimum Gasteiger partial charge on any atom is -0.344 e. The van der Waals surface area contributed by atoms with E-state index in [9.17, 15) is 9.59 Å². The number of benzene rings is 2. The number of imidazole rings is 1. The number of nitrogens with zero attached hydrogens (tertiary/aromatic N) is 3. The van der Waals surface area contributed by atoms with E-state index < -0.39 is 0 Å². The Morgan fingerprint density at radius 3 is 2.75 bits per heavy atom. The summed E-state index contributed by atoms with van der Waals surface area (Å²) in [5.41, 5.74) is 4.23. The zero-order chi connectivity index (χ0) is 22.1. The standard InChI is InChI=1S/C25H27N5O2/c1-29-13-14-30(12-10-23(29)31)11-4-5-17-8-9-21-22(15-17)27-24(26-21)19-16-18-6-2-3-7-20(18)28-25(19)32/h2-3,6-9,15-16H,4-5,10-14H2,1H3,(H,26,27)(H,28,32). The predicted octanol–water partition coefficient (Wildman–Crippen LogP) is 3.17. The summed E-state index contributed by atoms with van der Waals surface area (Å²) in [6.07, 6.45) is 2.59. The van der Waals surface area contributed by atoms with E-state index in [1.165, 1.54) is 5.56 Å². The third-order valence-corrected chi connectivity index (χ3v) is 6.32. The zero-order valence-corrected chi connectivity index (χ0v) is 18.2. The molecule has 1 fully saturated rings. The van der Waals surface area contributed by atoms with Gasteiger partial charge in [0, 0.05) is 38.6 Å². The van der Waals surface area contributed by atoms with Crippen molar-refractivity contribution in [3.63, 3.8) is 0 Å². The summed E-state index contributed by atoms with van der Waals surface area (Å²) in [4.78, 5) is 39.6. The number of hydrogen-bond acceptors (Lipinski definition) is 4. The number of para-hydroxylation sites is 1. The number of aromatic nitrogens is 3. The molecule has 32 heavy (non-hydrogen) atoms. The first kappa shape index (κ1) is 20.5. The van der Waals surface area contributed by atoms with Crippen LogP contribution in [0, 0.1) is 0 Å². The first-order chi connectivity index (χ1) is 15.6. The molecule has 1 amide bonds. The maximum Gasteiger partial charge on any atom is 0.259 e. The van der Waals surface area contributed by atoms with Crippen molar-refractivity contribution in [3.8, 4) is 11.4 Å². The molecule has 1 aliphatic heterocycles. The third kappa shape index (κ3) is 4.16. The zero-order valence-electron chi connectivity index (χ0n) is 18.2. The predicted molar refractivity (Wildman–Crippen MR) is 127 cm³/mol. The lowest BCUT2D eigenvalue weighted by atomic mass is 10.1. The van der Waals surface area contributed by atoms with Gasteiger partial charge in [0.1, 0.15) is 5.82 Å². The molecule has 0 aliphatic carbocycles. The van der Waals surface area contributed by atoms with Crippen molar-refractivity contribution in [3.05, 3.63) is 64.4 Å². The minimum absolute atomic E-state index is 0.149. The van der Waals surface area contributed by atoms with Gasteiger partial charge in [0.25, 0.3) is 5.56 Å². The molecule has 1 aliphatic rings. The maximum atomic E-state index is 12.6. The smallest absolute Gasteiger partial charge is 0.259 e. The fourth-order valence-corrected chi connectivity index (χ4v) is 4.36. The maximum absolute atomic E-state index is 12.6. The molecule has 0 bridgehead atoms. The molecule has 164 valence electrons. The highest BCUT2D eigenvalue weighted by Crippen LogP contribution is 2.22. The van der Waals surface area contributed by atoms with Crippen molar-refractivity contribution >= 4 is 27.8 Å². The summed E-state index contributed by atoms with van der Waals surface area (Å²) in [6.45, 7) is 3.56. The number of carbonyl (C=O) groups excluding carboxylic acids is 1. The Morgan fingerprint density at radius 1 is 0.969 bits per heavy atom. The van der Waals surface area contributed by atoms with E-state index in [1.54, 1.807) is 0 Å². The van der Waals surface area contributed by atoms with Gasteiger partial charge in [-0.05, 0) is 54.6 Å². The monoisotopic (exact) mass is 429 g/mol. The highest BCUT2D eigenvalue weighted by atomic mass is 16.2. The van der Waals surface area contributed by atoms with E-state index in [4.69, 9.17) is 4.98 Å². The lowest BCUT2D eigenvalue weighted by Crippen LogP contribution is -2.30. The van der Waals surface area contributed by atoms with Gasteiger partial charge in [-0.2, -0.15) is 0 Å². The number of rotatable bonds is 5. The van der Waals surface area contributed by atoms with E-state index in [0.29, 0.717) is 17.8 Å². The van der Waals surface area contributed by atoms with Gasteiger partial charge < -0.3 is 19.8 Å². The molecule has 2 aromatic carbocycles. The molecular weight excluding hydrogens is 402 g/mol. The number of likely N-dealkylation sites (N-methyl/N-ethyl adjacent to an activating group) is 1. The van der Waals surface area contributed by atoms with Gasteiger partial charge in [-0.3, -0.25) is 9.59 Å². The number of pyridine rings is 1. The summed E-state index contributed by atoms with van der Waals surface area (Å²) in [6, 6.07) is 15.9. The fourth-order valence-electron chi connectivity index (χ4n) is 4.36. The minimum atomic E-state index is -0.149. The number of fused-ring (bicyclic) bond motifs is 2. The molecule has 0 atom stereocenters. The molecule has 7 heteroatoms. The largest absolute Gasteiger partial charge is 0.344 e. The van der Waals surface area contributed by atoms with Crippen LogP contribution >= 0.6 is 0 Å². The number of nitrogens with one attached hydrogen (secondary N) is 2. The SMILES string of the molecule is CN1CCN(CCCc2ccc3[nH]c(-c4cc5ccccc5[nH]c4=O)nc3c2)CCC1=O. The van der Waals surface area contributed by atoms with E-state index in [1.807, 2.05) is 48.3 Å². The highest BCUT2D eigenvalue weighted by Gasteiger charge is 2.17. The van der Waals surface area contributed by atoms with Crippen molar-refractivity contribution in [1.29, 1.82) is 0 Å².